The van der Waals surface area contributed by atoms with Crippen LogP contribution in [-0.4, -0.2) is 49.8 Å². The van der Waals surface area contributed by atoms with Gasteiger partial charge in [-0.05, 0) is 28.8 Å². The molecule has 28 heavy (non-hydrogen) atoms. The van der Waals surface area contributed by atoms with Gasteiger partial charge >= 0.3 is 5.97 Å². The first-order valence-corrected chi connectivity index (χ1v) is 8.85. The van der Waals surface area contributed by atoms with Gasteiger partial charge in [0.1, 0.15) is 0 Å². The van der Waals surface area contributed by atoms with Crippen LogP contribution in [0.15, 0.2) is 36.4 Å². The number of rotatable bonds is 6. The average Bonchev–Trinajstić information content (AvgIpc) is 2.71. The lowest BCUT2D eigenvalue weighted by Gasteiger charge is -2.33. The highest BCUT2D eigenvalue weighted by atomic mass is 16.5. The summed E-state index contributed by atoms with van der Waals surface area (Å²) in [6.45, 7) is 0.540. The van der Waals surface area contributed by atoms with Gasteiger partial charge in [0, 0.05) is 13.1 Å². The van der Waals surface area contributed by atoms with Crippen LogP contribution in [0.5, 0.6) is 17.2 Å². The van der Waals surface area contributed by atoms with Gasteiger partial charge in [-0.1, -0.05) is 24.3 Å². The number of methoxy groups -OCH3 is 3. The normalized spacial score (nSPS) is 15.5. The van der Waals surface area contributed by atoms with Gasteiger partial charge < -0.3 is 24.2 Å². The van der Waals surface area contributed by atoms with Crippen molar-refractivity contribution in [2.75, 3.05) is 27.9 Å². The maximum absolute atomic E-state index is 12.9. The van der Waals surface area contributed by atoms with E-state index < -0.39 is 11.9 Å². The minimum absolute atomic E-state index is 0.102. The van der Waals surface area contributed by atoms with Crippen LogP contribution in [0.1, 0.15) is 22.6 Å². The van der Waals surface area contributed by atoms with Crippen molar-refractivity contribution in [3.05, 3.63) is 53.1 Å². The maximum atomic E-state index is 12.9. The van der Waals surface area contributed by atoms with E-state index in [9.17, 15) is 14.7 Å². The third-order valence-corrected chi connectivity index (χ3v) is 4.93. The number of ether oxygens (including phenoxy) is 3. The van der Waals surface area contributed by atoms with Crippen molar-refractivity contribution >= 4 is 11.9 Å². The summed E-state index contributed by atoms with van der Waals surface area (Å²) in [5.41, 5.74) is 2.33. The van der Waals surface area contributed by atoms with Gasteiger partial charge in [-0.25, -0.2) is 0 Å². The predicted octanol–water partition coefficient (Wildman–Crippen LogP) is 2.47. The number of carbonyl (C=O) groups excluding carboxylic acids is 1. The van der Waals surface area contributed by atoms with Gasteiger partial charge in [0.15, 0.2) is 11.5 Å². The number of carboxylic acid groups (broad SMARTS) is 1. The lowest BCUT2D eigenvalue weighted by atomic mass is 9.89. The molecule has 1 amide bonds. The summed E-state index contributed by atoms with van der Waals surface area (Å²) in [5, 5.41) is 9.58. The number of aliphatic carboxylic acids is 1. The third kappa shape index (κ3) is 3.74. The molecular formula is C21H23NO6. The molecule has 2 aromatic carbocycles. The Morgan fingerprint density at radius 2 is 1.71 bits per heavy atom. The van der Waals surface area contributed by atoms with Crippen LogP contribution >= 0.6 is 0 Å². The largest absolute Gasteiger partial charge is 0.493 e. The van der Waals surface area contributed by atoms with E-state index in [4.69, 9.17) is 14.2 Å². The summed E-state index contributed by atoms with van der Waals surface area (Å²) in [6, 6.07) is 10.8. The van der Waals surface area contributed by atoms with Gasteiger partial charge in [-0.3, -0.25) is 9.59 Å². The first-order chi connectivity index (χ1) is 13.5. The number of amides is 1. The van der Waals surface area contributed by atoms with Crippen molar-refractivity contribution in [1.82, 2.24) is 4.90 Å². The fourth-order valence-electron chi connectivity index (χ4n) is 3.53. The van der Waals surface area contributed by atoms with Crippen molar-refractivity contribution < 1.29 is 28.9 Å². The van der Waals surface area contributed by atoms with Crippen molar-refractivity contribution in [3.63, 3.8) is 0 Å². The first kappa shape index (κ1) is 19.5. The van der Waals surface area contributed by atoms with E-state index in [1.807, 2.05) is 24.3 Å². The second-order valence-corrected chi connectivity index (χ2v) is 6.57. The molecule has 3 rings (SSSR count). The molecule has 1 aliphatic heterocycles. The fourth-order valence-corrected chi connectivity index (χ4v) is 3.53. The highest BCUT2D eigenvalue weighted by Gasteiger charge is 2.32. The Balaban J connectivity index is 1.85. The summed E-state index contributed by atoms with van der Waals surface area (Å²) in [7, 11) is 4.55. The van der Waals surface area contributed by atoms with Gasteiger partial charge in [0.05, 0.1) is 33.7 Å². The Labute approximate surface area is 163 Å². The molecule has 1 heterocycles. The van der Waals surface area contributed by atoms with Crippen molar-refractivity contribution in [1.29, 1.82) is 0 Å². The molecule has 2 aromatic rings. The second-order valence-electron chi connectivity index (χ2n) is 6.57. The first-order valence-electron chi connectivity index (χ1n) is 8.85. The highest BCUT2D eigenvalue weighted by molar-refractivity contribution is 5.83. The molecule has 7 nitrogen and oxygen atoms in total. The molecule has 0 saturated carbocycles. The van der Waals surface area contributed by atoms with Crippen LogP contribution in [0.2, 0.25) is 0 Å². The summed E-state index contributed by atoms with van der Waals surface area (Å²) in [5.74, 6) is -0.422. The van der Waals surface area contributed by atoms with Gasteiger partial charge in [-0.15, -0.1) is 0 Å². The Bertz CT molecular complexity index is 869. The van der Waals surface area contributed by atoms with E-state index in [1.165, 1.54) is 21.3 Å². The fraction of sp³-hybridized carbons (Fsp3) is 0.333. The molecule has 0 fully saturated rings. The minimum atomic E-state index is -0.933. The SMILES string of the molecule is COc1cc(CC(=O)N2Cc3ccccc3C(C(=O)O)C2)cc(OC)c1OC. The van der Waals surface area contributed by atoms with Crippen LogP contribution < -0.4 is 14.2 Å². The lowest BCUT2D eigenvalue weighted by Crippen LogP contribution is -2.41. The van der Waals surface area contributed by atoms with E-state index >= 15 is 0 Å². The van der Waals surface area contributed by atoms with E-state index in [2.05, 4.69) is 0 Å². The number of hydrogen-bond donors (Lipinski definition) is 1. The Hall–Kier alpha value is -3.22. The summed E-state index contributed by atoms with van der Waals surface area (Å²) in [6.07, 6.45) is 0.102. The van der Waals surface area contributed by atoms with Crippen LogP contribution in [0.3, 0.4) is 0 Å². The minimum Gasteiger partial charge on any atom is -0.493 e. The van der Waals surface area contributed by atoms with Crippen LogP contribution in [0.25, 0.3) is 0 Å². The van der Waals surface area contributed by atoms with E-state index in [0.717, 1.165) is 11.1 Å². The van der Waals surface area contributed by atoms with Crippen molar-refractivity contribution in [2.24, 2.45) is 0 Å². The van der Waals surface area contributed by atoms with Crippen LogP contribution in [-0.2, 0) is 22.6 Å². The number of hydrogen-bond acceptors (Lipinski definition) is 5. The molecule has 0 radical (unpaired) electrons. The topological polar surface area (TPSA) is 85.3 Å². The average molecular weight is 385 g/mol. The van der Waals surface area contributed by atoms with Crippen LogP contribution in [0, 0.1) is 0 Å². The Kier molecular flexibility index (Phi) is 5.73. The summed E-state index contributed by atoms with van der Waals surface area (Å²) < 4.78 is 16.0. The number of carbonyl (C=O) groups is 2. The molecule has 148 valence electrons. The summed E-state index contributed by atoms with van der Waals surface area (Å²) >= 11 is 0. The maximum Gasteiger partial charge on any atom is 0.312 e. The second kappa shape index (κ2) is 8.21. The monoisotopic (exact) mass is 385 g/mol. The number of carboxylic acids is 1. The van der Waals surface area contributed by atoms with Crippen LogP contribution in [0.4, 0.5) is 0 Å². The van der Waals surface area contributed by atoms with Gasteiger partial charge in [0.25, 0.3) is 0 Å². The number of fused-ring (bicyclic) bond motifs is 1. The number of nitrogens with zero attached hydrogens (tertiary/aromatic N) is 1. The smallest absolute Gasteiger partial charge is 0.312 e. The highest BCUT2D eigenvalue weighted by Crippen LogP contribution is 2.38. The molecule has 0 bridgehead atoms. The van der Waals surface area contributed by atoms with Crippen molar-refractivity contribution in [3.8, 4) is 17.2 Å². The lowest BCUT2D eigenvalue weighted by molar-refractivity contribution is -0.141. The van der Waals surface area contributed by atoms with E-state index in [0.29, 0.717) is 29.4 Å². The molecular weight excluding hydrogens is 362 g/mol. The number of benzene rings is 2. The zero-order valence-electron chi connectivity index (χ0n) is 16.1. The quantitative estimate of drug-likeness (QED) is 0.822. The third-order valence-electron chi connectivity index (χ3n) is 4.93. The van der Waals surface area contributed by atoms with Crippen molar-refractivity contribution in [2.45, 2.75) is 18.9 Å². The molecule has 0 aliphatic carbocycles. The zero-order valence-corrected chi connectivity index (χ0v) is 16.1. The van der Waals surface area contributed by atoms with Gasteiger partial charge in [0.2, 0.25) is 11.7 Å². The molecule has 0 saturated heterocycles. The Morgan fingerprint density at radius 3 is 2.29 bits per heavy atom. The van der Waals surface area contributed by atoms with E-state index in [-0.39, 0.29) is 18.9 Å². The molecule has 7 heteroatoms. The Morgan fingerprint density at radius 1 is 1.07 bits per heavy atom. The molecule has 1 atom stereocenters. The standard InChI is InChI=1S/C21H23NO6/c1-26-17-8-13(9-18(27-2)20(17)28-3)10-19(23)22-11-14-6-4-5-7-15(14)16(12-22)21(24)25/h4-9,16H,10-12H2,1-3H3,(H,24,25). The molecule has 1 unspecified atom stereocenters. The predicted molar refractivity (Wildman–Crippen MR) is 102 cm³/mol. The van der Waals surface area contributed by atoms with Gasteiger partial charge in [-0.2, -0.15) is 0 Å². The summed E-state index contributed by atoms with van der Waals surface area (Å²) in [4.78, 5) is 26.2. The molecule has 0 aromatic heterocycles. The molecule has 1 N–H and O–H groups in total. The molecule has 0 spiro atoms. The molecule has 1 aliphatic rings. The zero-order chi connectivity index (χ0) is 20.3. The van der Waals surface area contributed by atoms with E-state index in [1.54, 1.807) is 17.0 Å².